The van der Waals surface area contributed by atoms with Gasteiger partial charge in [0.05, 0.1) is 11.2 Å². The molecule has 0 radical (unpaired) electrons. The molecule has 0 amide bonds. The number of nitrogens with zero attached hydrogens (tertiary/aromatic N) is 2. The fourth-order valence-electron chi connectivity index (χ4n) is 3.71. The Morgan fingerprint density at radius 3 is 1.91 bits per heavy atom. The number of rotatable bonds is 8. The number of anilines is 1. The van der Waals surface area contributed by atoms with Crippen molar-refractivity contribution in [3.8, 4) is 0 Å². The quantitative estimate of drug-likeness (QED) is 0.172. The highest BCUT2D eigenvalue weighted by Gasteiger charge is 2.37. The van der Waals surface area contributed by atoms with Crippen molar-refractivity contribution in [3.63, 3.8) is 0 Å². The molecule has 3 aromatic carbocycles. The van der Waals surface area contributed by atoms with Gasteiger partial charge in [0, 0.05) is 5.38 Å². The van der Waals surface area contributed by atoms with Crippen LogP contribution < -0.4 is 5.32 Å². The number of thiazole rings is 1. The number of methoxy groups -OCH3 is 1. The minimum absolute atomic E-state index is 0.127. The Bertz CT molecular complexity index is 1230. The first-order valence-corrected chi connectivity index (χ1v) is 11.0. The number of esters is 1. The molecule has 0 fully saturated rings. The highest BCUT2D eigenvalue weighted by molar-refractivity contribution is 7.14. The number of carbonyl (C=O) groups excluding carboxylic acids is 1. The SMILES string of the molecule is [2H]C([2H])([2H])O/N=C(\C(=O)OC)c1csc(NC(c2ccccc2)(c2ccccc2)c2ccccc2)n1. The molecule has 33 heavy (non-hydrogen) atoms. The van der Waals surface area contributed by atoms with Crippen molar-refractivity contribution >= 4 is 28.1 Å². The van der Waals surface area contributed by atoms with Gasteiger partial charge in [0.25, 0.3) is 0 Å². The number of aromatic nitrogens is 1. The Hall–Kier alpha value is -3.97. The summed E-state index contributed by atoms with van der Waals surface area (Å²) in [6, 6.07) is 29.9. The zero-order valence-corrected chi connectivity index (χ0v) is 18.6. The summed E-state index contributed by atoms with van der Waals surface area (Å²) in [7, 11) is -1.65. The number of nitrogens with one attached hydrogen (secondary N) is 1. The summed E-state index contributed by atoms with van der Waals surface area (Å²) < 4.78 is 26.4. The molecule has 0 bridgehead atoms. The molecule has 0 aliphatic carbocycles. The number of hydrogen-bond donors (Lipinski definition) is 1. The van der Waals surface area contributed by atoms with Gasteiger partial charge in [-0.2, -0.15) is 0 Å². The number of oxime groups is 1. The fourth-order valence-corrected chi connectivity index (χ4v) is 4.46. The maximum atomic E-state index is 12.3. The molecule has 7 heteroatoms. The van der Waals surface area contributed by atoms with E-state index in [9.17, 15) is 4.79 Å². The molecule has 0 saturated heterocycles. The van der Waals surface area contributed by atoms with E-state index in [1.54, 1.807) is 5.38 Å². The predicted molar refractivity (Wildman–Crippen MR) is 131 cm³/mol. The highest BCUT2D eigenvalue weighted by atomic mass is 32.1. The summed E-state index contributed by atoms with van der Waals surface area (Å²) in [4.78, 5) is 21.4. The van der Waals surface area contributed by atoms with Crippen LogP contribution in [-0.4, -0.2) is 30.8 Å². The number of carbonyl (C=O) groups is 1. The number of hydrogen-bond acceptors (Lipinski definition) is 7. The average molecular weight is 461 g/mol. The summed E-state index contributed by atoms with van der Waals surface area (Å²) in [6.07, 6.45) is 0. The van der Waals surface area contributed by atoms with Gasteiger partial charge in [-0.05, 0) is 16.7 Å². The lowest BCUT2D eigenvalue weighted by atomic mass is 9.77. The lowest BCUT2D eigenvalue weighted by Crippen LogP contribution is -2.38. The summed E-state index contributed by atoms with van der Waals surface area (Å²) >= 11 is 1.24. The van der Waals surface area contributed by atoms with Gasteiger partial charge in [0.15, 0.2) is 5.13 Å². The van der Waals surface area contributed by atoms with E-state index in [-0.39, 0.29) is 11.4 Å². The summed E-state index contributed by atoms with van der Waals surface area (Å²) in [5.74, 6) is -0.864. The van der Waals surface area contributed by atoms with E-state index < -0.39 is 18.5 Å². The number of ether oxygens (including phenoxy) is 1. The van der Waals surface area contributed by atoms with Gasteiger partial charge >= 0.3 is 5.97 Å². The normalized spacial score (nSPS) is 13.4. The molecule has 0 saturated carbocycles. The standard InChI is InChI=1S/C26H23N3O3S/c1-31-24(30)23(29-32-2)22-18-33-25(27-22)28-26(19-12-6-3-7-13-19,20-14-8-4-9-15-20)21-16-10-5-11-17-21/h3-18H,1-2H3,(H,27,28)/b29-23-/i2D3. The second kappa shape index (κ2) is 10.1. The van der Waals surface area contributed by atoms with E-state index in [1.165, 1.54) is 18.4 Å². The Balaban J connectivity index is 1.84. The molecule has 4 rings (SSSR count). The van der Waals surface area contributed by atoms with E-state index in [1.807, 2.05) is 91.0 Å². The van der Waals surface area contributed by atoms with Crippen molar-refractivity contribution in [2.24, 2.45) is 5.16 Å². The van der Waals surface area contributed by atoms with Gasteiger partial charge in [0.2, 0.25) is 5.71 Å². The van der Waals surface area contributed by atoms with Crippen molar-refractivity contribution in [2.45, 2.75) is 5.54 Å². The molecule has 0 aliphatic heterocycles. The van der Waals surface area contributed by atoms with Crippen LogP contribution in [-0.2, 0) is 19.9 Å². The van der Waals surface area contributed by atoms with Crippen LogP contribution in [0.25, 0.3) is 0 Å². The minimum Gasteiger partial charge on any atom is -0.464 e. The van der Waals surface area contributed by atoms with E-state index in [0.717, 1.165) is 16.7 Å². The molecule has 0 spiro atoms. The highest BCUT2D eigenvalue weighted by Crippen LogP contribution is 2.40. The van der Waals surface area contributed by atoms with Crippen molar-refractivity contribution in [1.29, 1.82) is 0 Å². The molecule has 1 heterocycles. The molecule has 0 unspecified atom stereocenters. The minimum atomic E-state index is -2.82. The molecule has 1 N–H and O–H groups in total. The van der Waals surface area contributed by atoms with E-state index in [4.69, 9.17) is 8.85 Å². The maximum Gasteiger partial charge on any atom is 0.362 e. The van der Waals surface area contributed by atoms with Crippen LogP contribution in [0.4, 0.5) is 5.13 Å². The second-order valence-corrected chi connectivity index (χ2v) is 7.89. The van der Waals surface area contributed by atoms with E-state index in [2.05, 4.69) is 20.3 Å². The van der Waals surface area contributed by atoms with Crippen LogP contribution in [0.3, 0.4) is 0 Å². The third-order valence-electron chi connectivity index (χ3n) is 5.18. The first-order valence-electron chi connectivity index (χ1n) is 11.6. The third kappa shape index (κ3) is 4.49. The zero-order chi connectivity index (χ0) is 25.6. The molecule has 1 aromatic heterocycles. The monoisotopic (exact) mass is 460 g/mol. The van der Waals surface area contributed by atoms with Gasteiger partial charge in [0.1, 0.15) is 18.3 Å². The van der Waals surface area contributed by atoms with E-state index in [0.29, 0.717) is 5.13 Å². The topological polar surface area (TPSA) is 72.8 Å². The van der Waals surface area contributed by atoms with Crippen LogP contribution in [0.15, 0.2) is 102 Å². The average Bonchev–Trinajstić information content (AvgIpc) is 3.36. The summed E-state index contributed by atoms with van der Waals surface area (Å²) in [5.41, 5.74) is 1.89. The Morgan fingerprint density at radius 1 is 0.939 bits per heavy atom. The Kier molecular flexibility index (Phi) is 5.69. The van der Waals surface area contributed by atoms with Crippen LogP contribution in [0.2, 0.25) is 0 Å². The van der Waals surface area contributed by atoms with Crippen LogP contribution in [0, 0.1) is 0 Å². The fraction of sp³-hybridized carbons (Fsp3) is 0.115. The van der Waals surface area contributed by atoms with Crippen LogP contribution >= 0.6 is 11.3 Å². The van der Waals surface area contributed by atoms with Gasteiger partial charge in [-0.25, -0.2) is 9.78 Å². The zero-order valence-electron chi connectivity index (χ0n) is 20.8. The third-order valence-corrected chi connectivity index (χ3v) is 5.94. The largest absolute Gasteiger partial charge is 0.464 e. The van der Waals surface area contributed by atoms with Gasteiger partial charge in [-0.15, -0.1) is 11.3 Å². The lowest BCUT2D eigenvalue weighted by Gasteiger charge is -2.36. The van der Waals surface area contributed by atoms with Crippen LogP contribution in [0.1, 0.15) is 26.5 Å². The van der Waals surface area contributed by atoms with Crippen molar-refractivity contribution < 1.29 is 18.5 Å². The maximum absolute atomic E-state index is 12.3. The number of benzene rings is 3. The Labute approximate surface area is 200 Å². The molecule has 0 atom stereocenters. The lowest BCUT2D eigenvalue weighted by molar-refractivity contribution is -0.132. The second-order valence-electron chi connectivity index (χ2n) is 7.03. The van der Waals surface area contributed by atoms with Crippen molar-refractivity contribution in [1.82, 2.24) is 4.98 Å². The molecular weight excluding hydrogens is 434 g/mol. The van der Waals surface area contributed by atoms with Gasteiger partial charge < -0.3 is 14.9 Å². The molecule has 166 valence electrons. The molecule has 0 aliphatic rings. The predicted octanol–water partition coefficient (Wildman–Crippen LogP) is 5.07. The first-order chi connectivity index (χ1) is 17.3. The molecule has 6 nitrogen and oxygen atoms in total. The summed E-state index contributed by atoms with van der Waals surface area (Å²) in [5, 5.41) is 9.18. The molecule has 4 aromatic rings. The van der Waals surface area contributed by atoms with Gasteiger partial charge in [-0.1, -0.05) is 96.2 Å². The van der Waals surface area contributed by atoms with Crippen molar-refractivity contribution in [2.75, 3.05) is 19.5 Å². The van der Waals surface area contributed by atoms with Gasteiger partial charge in [-0.3, -0.25) is 0 Å². The van der Waals surface area contributed by atoms with E-state index >= 15 is 0 Å². The Morgan fingerprint density at radius 2 is 1.45 bits per heavy atom. The van der Waals surface area contributed by atoms with Crippen LogP contribution in [0.5, 0.6) is 0 Å². The smallest absolute Gasteiger partial charge is 0.362 e. The van der Waals surface area contributed by atoms with Crippen molar-refractivity contribution in [3.05, 3.63) is 119 Å². The first kappa shape index (κ1) is 18.6. The molecular formula is C26H23N3O3S. The summed E-state index contributed by atoms with van der Waals surface area (Å²) in [6.45, 7) is 0.